The van der Waals surface area contributed by atoms with Crippen LogP contribution in [-0.2, 0) is 0 Å². The fourth-order valence-electron chi connectivity index (χ4n) is 2.13. The van der Waals surface area contributed by atoms with Crippen molar-refractivity contribution in [3.63, 3.8) is 0 Å². The van der Waals surface area contributed by atoms with Gasteiger partial charge in [0.25, 0.3) is 0 Å². The van der Waals surface area contributed by atoms with E-state index in [1.54, 1.807) is 6.20 Å². The van der Waals surface area contributed by atoms with Crippen LogP contribution >= 0.6 is 11.6 Å². The zero-order chi connectivity index (χ0) is 14.1. The van der Waals surface area contributed by atoms with Gasteiger partial charge in [-0.05, 0) is 42.8 Å². The van der Waals surface area contributed by atoms with Crippen LogP contribution in [0.5, 0.6) is 0 Å². The SMILES string of the molecule is Cc1cc(Cl)ccc1-c1onc(N)c1-c1ccccn1. The van der Waals surface area contributed by atoms with Crippen molar-refractivity contribution in [2.45, 2.75) is 6.92 Å². The summed E-state index contributed by atoms with van der Waals surface area (Å²) >= 11 is 5.98. The van der Waals surface area contributed by atoms with Crippen molar-refractivity contribution in [2.75, 3.05) is 5.73 Å². The standard InChI is InChI=1S/C15H12ClN3O/c1-9-8-10(16)5-6-11(9)14-13(15(17)19-20-14)12-4-2-3-7-18-12/h2-8H,1H3,(H2,17,19). The Morgan fingerprint density at radius 2 is 2.05 bits per heavy atom. The van der Waals surface area contributed by atoms with E-state index in [0.29, 0.717) is 22.2 Å². The van der Waals surface area contributed by atoms with Gasteiger partial charge in [0.1, 0.15) is 0 Å². The van der Waals surface area contributed by atoms with E-state index < -0.39 is 0 Å². The van der Waals surface area contributed by atoms with Crippen LogP contribution in [0.2, 0.25) is 5.02 Å². The summed E-state index contributed by atoms with van der Waals surface area (Å²) in [6.07, 6.45) is 1.71. The van der Waals surface area contributed by atoms with Crippen LogP contribution in [0, 0.1) is 6.92 Å². The van der Waals surface area contributed by atoms with Gasteiger partial charge in [0.15, 0.2) is 11.6 Å². The molecule has 0 atom stereocenters. The number of pyridine rings is 1. The number of benzene rings is 1. The van der Waals surface area contributed by atoms with E-state index in [-0.39, 0.29) is 0 Å². The Hall–Kier alpha value is -2.33. The van der Waals surface area contributed by atoms with E-state index in [2.05, 4.69) is 10.1 Å². The third kappa shape index (κ3) is 2.14. The summed E-state index contributed by atoms with van der Waals surface area (Å²) in [5, 5.41) is 4.54. The van der Waals surface area contributed by atoms with E-state index in [0.717, 1.165) is 16.8 Å². The molecule has 100 valence electrons. The quantitative estimate of drug-likeness (QED) is 0.774. The van der Waals surface area contributed by atoms with Gasteiger partial charge in [-0.15, -0.1) is 0 Å². The molecule has 4 nitrogen and oxygen atoms in total. The fourth-order valence-corrected chi connectivity index (χ4v) is 2.35. The minimum absolute atomic E-state index is 0.327. The van der Waals surface area contributed by atoms with Crippen molar-refractivity contribution in [1.82, 2.24) is 10.1 Å². The number of aromatic nitrogens is 2. The van der Waals surface area contributed by atoms with Gasteiger partial charge in [-0.3, -0.25) is 4.98 Å². The molecule has 3 aromatic rings. The Bertz CT molecular complexity index is 753. The maximum absolute atomic E-state index is 5.98. The first-order valence-corrected chi connectivity index (χ1v) is 6.47. The van der Waals surface area contributed by atoms with Gasteiger partial charge in [0, 0.05) is 16.8 Å². The number of nitrogens with zero attached hydrogens (tertiary/aromatic N) is 2. The molecule has 1 aromatic carbocycles. The average Bonchev–Trinajstić information content (AvgIpc) is 2.81. The Labute approximate surface area is 121 Å². The molecule has 0 amide bonds. The number of nitrogens with two attached hydrogens (primary N) is 1. The zero-order valence-electron chi connectivity index (χ0n) is 10.8. The number of hydrogen-bond donors (Lipinski definition) is 1. The molecular formula is C15H12ClN3O. The summed E-state index contributed by atoms with van der Waals surface area (Å²) in [5.74, 6) is 0.934. The van der Waals surface area contributed by atoms with E-state index in [1.165, 1.54) is 0 Å². The maximum atomic E-state index is 5.98. The lowest BCUT2D eigenvalue weighted by Gasteiger charge is -2.05. The third-order valence-corrected chi connectivity index (χ3v) is 3.31. The number of halogens is 1. The number of aryl methyl sites for hydroxylation is 1. The maximum Gasteiger partial charge on any atom is 0.178 e. The molecule has 0 radical (unpaired) electrons. The predicted octanol–water partition coefficient (Wildman–Crippen LogP) is 3.95. The molecule has 0 fully saturated rings. The Morgan fingerprint density at radius 1 is 1.20 bits per heavy atom. The van der Waals surface area contributed by atoms with Gasteiger partial charge in [-0.2, -0.15) is 0 Å². The Morgan fingerprint density at radius 3 is 2.75 bits per heavy atom. The molecule has 0 bridgehead atoms. The van der Waals surface area contributed by atoms with Crippen LogP contribution in [-0.4, -0.2) is 10.1 Å². The van der Waals surface area contributed by atoms with Crippen LogP contribution in [0.4, 0.5) is 5.82 Å². The minimum Gasteiger partial charge on any atom is -0.380 e. The highest BCUT2D eigenvalue weighted by Gasteiger charge is 2.19. The number of nitrogen functional groups attached to an aromatic ring is 1. The Balaban J connectivity index is 2.21. The number of anilines is 1. The molecule has 0 spiro atoms. The smallest absolute Gasteiger partial charge is 0.178 e. The summed E-state index contributed by atoms with van der Waals surface area (Å²) in [6, 6.07) is 11.2. The lowest BCUT2D eigenvalue weighted by atomic mass is 10.0. The van der Waals surface area contributed by atoms with Crippen LogP contribution in [0.3, 0.4) is 0 Å². The second-order valence-corrected chi connectivity index (χ2v) is 4.88. The highest BCUT2D eigenvalue weighted by atomic mass is 35.5. The highest BCUT2D eigenvalue weighted by Crippen LogP contribution is 2.37. The second-order valence-electron chi connectivity index (χ2n) is 4.45. The van der Waals surface area contributed by atoms with Gasteiger partial charge in [0.05, 0.1) is 11.3 Å². The summed E-state index contributed by atoms with van der Waals surface area (Å²) < 4.78 is 5.40. The number of hydrogen-bond acceptors (Lipinski definition) is 4. The first-order chi connectivity index (χ1) is 9.66. The van der Waals surface area contributed by atoms with E-state index >= 15 is 0 Å². The summed E-state index contributed by atoms with van der Waals surface area (Å²) in [4.78, 5) is 4.31. The molecule has 0 aliphatic heterocycles. The largest absolute Gasteiger partial charge is 0.380 e. The molecule has 2 N–H and O–H groups in total. The molecule has 0 saturated heterocycles. The molecule has 20 heavy (non-hydrogen) atoms. The van der Waals surface area contributed by atoms with Gasteiger partial charge < -0.3 is 10.3 Å². The molecule has 5 heteroatoms. The number of rotatable bonds is 2. The van der Waals surface area contributed by atoms with Crippen LogP contribution in [0.15, 0.2) is 47.1 Å². The first kappa shape index (κ1) is 12.7. The Kier molecular flexibility index (Phi) is 3.16. The summed E-state index contributed by atoms with van der Waals surface area (Å²) in [7, 11) is 0. The van der Waals surface area contributed by atoms with Crippen molar-refractivity contribution < 1.29 is 4.52 Å². The van der Waals surface area contributed by atoms with Crippen LogP contribution < -0.4 is 5.73 Å². The van der Waals surface area contributed by atoms with Crippen molar-refractivity contribution in [1.29, 1.82) is 0 Å². The van der Waals surface area contributed by atoms with Gasteiger partial charge >= 0.3 is 0 Å². The molecule has 0 saturated carbocycles. The van der Waals surface area contributed by atoms with Crippen molar-refractivity contribution >= 4 is 17.4 Å². The van der Waals surface area contributed by atoms with Crippen molar-refractivity contribution in [3.05, 3.63) is 53.2 Å². The molecule has 2 heterocycles. The normalized spacial score (nSPS) is 10.7. The van der Waals surface area contributed by atoms with E-state index in [4.69, 9.17) is 21.9 Å². The third-order valence-electron chi connectivity index (χ3n) is 3.07. The lowest BCUT2D eigenvalue weighted by Crippen LogP contribution is -1.91. The monoisotopic (exact) mass is 285 g/mol. The summed E-state index contributed by atoms with van der Waals surface area (Å²) in [5.41, 5.74) is 9.25. The lowest BCUT2D eigenvalue weighted by molar-refractivity contribution is 0.436. The first-order valence-electron chi connectivity index (χ1n) is 6.10. The second kappa shape index (κ2) is 4.98. The minimum atomic E-state index is 0.327. The molecule has 0 aliphatic rings. The van der Waals surface area contributed by atoms with Gasteiger partial charge in [0.2, 0.25) is 0 Å². The topological polar surface area (TPSA) is 64.9 Å². The highest BCUT2D eigenvalue weighted by molar-refractivity contribution is 6.30. The molecule has 3 rings (SSSR count). The summed E-state index contributed by atoms with van der Waals surface area (Å²) in [6.45, 7) is 1.96. The van der Waals surface area contributed by atoms with Crippen molar-refractivity contribution in [2.24, 2.45) is 0 Å². The average molecular weight is 286 g/mol. The van der Waals surface area contributed by atoms with Gasteiger partial charge in [-0.25, -0.2) is 0 Å². The van der Waals surface area contributed by atoms with Gasteiger partial charge in [-0.1, -0.05) is 22.8 Å². The fraction of sp³-hybridized carbons (Fsp3) is 0.0667. The van der Waals surface area contributed by atoms with Crippen LogP contribution in [0.25, 0.3) is 22.6 Å². The molecule has 0 aliphatic carbocycles. The van der Waals surface area contributed by atoms with Crippen molar-refractivity contribution in [3.8, 4) is 22.6 Å². The zero-order valence-corrected chi connectivity index (χ0v) is 11.6. The molecule has 0 unspecified atom stereocenters. The molecule has 2 aromatic heterocycles. The van der Waals surface area contributed by atoms with Crippen LogP contribution in [0.1, 0.15) is 5.56 Å². The molecular weight excluding hydrogens is 274 g/mol. The van der Waals surface area contributed by atoms with E-state index in [9.17, 15) is 0 Å². The predicted molar refractivity (Wildman–Crippen MR) is 79.3 cm³/mol. The van der Waals surface area contributed by atoms with E-state index in [1.807, 2.05) is 43.3 Å².